The molecule has 0 saturated carbocycles. The topological polar surface area (TPSA) is 62.0 Å². The van der Waals surface area contributed by atoms with Gasteiger partial charge in [-0.15, -0.1) is 23.5 Å². The summed E-state index contributed by atoms with van der Waals surface area (Å²) in [5.41, 5.74) is 20.4. The Kier molecular flexibility index (Phi) is 19.7. The number of hydrogen-bond acceptors (Lipinski definition) is 6. The Balaban J connectivity index is 0.000000850. The number of aryl methyl sites for hydroxylation is 4. The first-order valence-corrected chi connectivity index (χ1v) is 24.5. The molecule has 0 bridgehead atoms. The fourth-order valence-corrected chi connectivity index (χ4v) is 10.0. The molecule has 358 valence electrons. The zero-order valence-corrected chi connectivity index (χ0v) is 41.8. The maximum atomic E-state index is 10.0. The minimum atomic E-state index is -0.125. The van der Waals surface area contributed by atoms with Crippen LogP contribution in [0.4, 0.5) is 11.4 Å². The summed E-state index contributed by atoms with van der Waals surface area (Å²) in [7, 11) is 0. The molecule has 4 nitrogen and oxygen atoms in total. The summed E-state index contributed by atoms with van der Waals surface area (Å²) in [6.07, 6.45) is 1.17. The van der Waals surface area contributed by atoms with E-state index in [1.54, 1.807) is 23.5 Å². The van der Waals surface area contributed by atoms with Crippen LogP contribution in [0.2, 0.25) is 0 Å². The predicted octanol–water partition coefficient (Wildman–Crippen LogP) is 18.5. The summed E-state index contributed by atoms with van der Waals surface area (Å²) in [6, 6.07) is 66.1. The zero-order valence-electron chi connectivity index (χ0n) is 39.2. The Hall–Kier alpha value is -6.50. The largest absolute Gasteiger partial charge is 0.512 e. The molecule has 0 amide bonds. The van der Waals surface area contributed by atoms with Crippen molar-refractivity contribution in [1.82, 2.24) is 0 Å². The Bertz CT molecular complexity index is 2770. The first kappa shape index (κ1) is 54.4. The molecule has 9 rings (SSSR count). The Labute approximate surface area is 435 Å². The first-order chi connectivity index (χ1) is 32.5. The Morgan fingerprint density at radius 1 is 0.429 bits per heavy atom. The second-order valence-corrected chi connectivity index (χ2v) is 19.1. The van der Waals surface area contributed by atoms with Gasteiger partial charge in [-0.1, -0.05) is 195 Å². The van der Waals surface area contributed by atoms with Gasteiger partial charge in [0.15, 0.2) is 5.78 Å². The maximum Gasteiger partial charge on any atom is 0.155 e. The van der Waals surface area contributed by atoms with Gasteiger partial charge in [-0.25, -0.2) is 9.98 Å². The summed E-state index contributed by atoms with van der Waals surface area (Å²) in [4.78, 5) is 21.5. The van der Waals surface area contributed by atoms with Crippen LogP contribution in [0.25, 0.3) is 66.8 Å². The molecule has 1 saturated heterocycles. The molecule has 1 aliphatic heterocycles. The average Bonchev–Trinajstić information content (AvgIpc) is 3.33. The molecule has 1 heterocycles. The van der Waals surface area contributed by atoms with Crippen LogP contribution in [0.3, 0.4) is 0 Å². The quantitative estimate of drug-likeness (QED) is 0.0889. The number of benzene rings is 8. The Morgan fingerprint density at radius 3 is 0.929 bits per heavy atom. The summed E-state index contributed by atoms with van der Waals surface area (Å²) >= 11 is 3.61. The van der Waals surface area contributed by atoms with E-state index < -0.39 is 0 Å². The molecule has 1 fully saturated rings. The number of allylic oxidation sites excluding steroid dienone is 2. The van der Waals surface area contributed by atoms with Gasteiger partial charge in [-0.2, -0.15) is 0 Å². The van der Waals surface area contributed by atoms with E-state index in [0.29, 0.717) is 0 Å². The minimum absolute atomic E-state index is 0. The molecule has 0 aliphatic carbocycles. The van der Waals surface area contributed by atoms with E-state index in [0.717, 1.165) is 88.6 Å². The summed E-state index contributed by atoms with van der Waals surface area (Å²) in [5, 5.41) is 10.2. The molecule has 1 aliphatic rings. The molecular formula is C63H62N2NiO2S2. The van der Waals surface area contributed by atoms with E-state index in [-0.39, 0.29) is 42.9 Å². The number of nitrogens with zero attached hydrogens (tertiary/aromatic N) is 2. The maximum absolute atomic E-state index is 10.0. The van der Waals surface area contributed by atoms with Crippen LogP contribution in [-0.4, -0.2) is 32.5 Å². The number of carbonyl (C=O) groups is 1. The molecule has 0 unspecified atom stereocenters. The van der Waals surface area contributed by atoms with E-state index in [1.807, 2.05) is 0 Å². The van der Waals surface area contributed by atoms with E-state index in [1.165, 1.54) is 53.3 Å². The van der Waals surface area contributed by atoms with E-state index in [9.17, 15) is 4.79 Å². The van der Waals surface area contributed by atoms with Crippen LogP contribution in [0.1, 0.15) is 51.0 Å². The van der Waals surface area contributed by atoms with Crippen LogP contribution in [0.15, 0.2) is 204 Å². The predicted molar refractivity (Wildman–Crippen MR) is 304 cm³/mol. The third-order valence-corrected chi connectivity index (χ3v) is 13.8. The van der Waals surface area contributed by atoms with Crippen LogP contribution in [0, 0.1) is 27.7 Å². The van der Waals surface area contributed by atoms with Crippen molar-refractivity contribution in [3.63, 3.8) is 0 Å². The zero-order chi connectivity index (χ0) is 46.9. The normalized spacial score (nSPS) is 13.3. The van der Waals surface area contributed by atoms with Gasteiger partial charge in [-0.3, -0.25) is 4.79 Å². The fourth-order valence-electron chi connectivity index (χ4n) is 7.97. The first-order valence-electron chi connectivity index (χ1n) is 22.6. The number of aliphatic imine (C=N–C) groups is 2. The number of aliphatic hydroxyl groups is 1. The Morgan fingerprint density at radius 2 is 0.700 bits per heavy atom. The summed E-state index contributed by atoms with van der Waals surface area (Å²) < 4.78 is 0. The number of aliphatic hydroxyl groups excluding tert-OH is 1. The number of rotatable bonds is 9. The van der Waals surface area contributed by atoms with Gasteiger partial charge in [0.2, 0.25) is 0 Å². The van der Waals surface area contributed by atoms with Gasteiger partial charge >= 0.3 is 0 Å². The third-order valence-electron chi connectivity index (χ3n) is 11.5. The van der Waals surface area contributed by atoms with Gasteiger partial charge < -0.3 is 5.11 Å². The summed E-state index contributed by atoms with van der Waals surface area (Å²) in [5.74, 6) is 1.84. The minimum Gasteiger partial charge on any atom is -0.512 e. The van der Waals surface area contributed by atoms with Gasteiger partial charge in [0.25, 0.3) is 0 Å². The molecular weight excluding hydrogens is 940 g/mol. The van der Waals surface area contributed by atoms with Gasteiger partial charge in [-0.05, 0) is 110 Å². The molecule has 7 heteroatoms. The standard InChI is InChI=1S/C56H46N2S2.C5H8O2.2CH4.Ni/c1-37-15-23-43(24-16-37)49-33-47(41-11-7-5-8-12-41)34-50(44-25-17-38(2)18-26-44)53(49)57-55-56(60-32-31-59-55)58-54-51(45-27-19-39(3)20-28-45)35-48(42-13-9-6-10-14-42)36-52(54)46-29-21-40(4)22-30-46;1-4(6)3-5(2)7;;;/h5-30,33-36H,31-32H2,1-4H3;3,6H,1-2H3;2*1H4;. The van der Waals surface area contributed by atoms with Crippen molar-refractivity contribution in [3.05, 3.63) is 216 Å². The SMILES string of the molecule is C.C.CC(=O)C=C(C)O.Cc1ccc(-c2cc(-c3ccccc3)cc(-c3ccc(C)cc3)c2N=C2SCCSC2=Nc2c(-c3ccc(C)cc3)cc(-c3ccccc3)cc2-c2ccc(C)cc2)cc1.[Ni]. The summed E-state index contributed by atoms with van der Waals surface area (Å²) in [6.45, 7) is 11.4. The smallest absolute Gasteiger partial charge is 0.155 e. The number of carbonyl (C=O) groups excluding carboxylic acids is 1. The van der Waals surface area contributed by atoms with Crippen molar-refractivity contribution in [2.75, 3.05) is 11.5 Å². The molecule has 0 spiro atoms. The molecule has 8 aromatic carbocycles. The van der Waals surface area contributed by atoms with E-state index in [2.05, 4.69) is 210 Å². The molecule has 0 aromatic heterocycles. The second kappa shape index (κ2) is 25.4. The molecule has 70 heavy (non-hydrogen) atoms. The second-order valence-electron chi connectivity index (χ2n) is 17.0. The van der Waals surface area contributed by atoms with Crippen molar-refractivity contribution in [2.24, 2.45) is 9.98 Å². The average molecular weight is 1000 g/mol. The number of ketones is 1. The molecule has 1 N–H and O–H groups in total. The van der Waals surface area contributed by atoms with Gasteiger partial charge in [0, 0.05) is 56.3 Å². The molecule has 0 atom stereocenters. The van der Waals surface area contributed by atoms with Gasteiger partial charge in [0.05, 0.1) is 17.1 Å². The van der Waals surface area contributed by atoms with E-state index >= 15 is 0 Å². The van der Waals surface area contributed by atoms with Crippen LogP contribution in [0.5, 0.6) is 0 Å². The third kappa shape index (κ3) is 13.6. The van der Waals surface area contributed by atoms with Gasteiger partial charge in [0.1, 0.15) is 10.1 Å². The monoisotopic (exact) mass is 1000 g/mol. The van der Waals surface area contributed by atoms with Crippen molar-refractivity contribution < 1.29 is 26.4 Å². The van der Waals surface area contributed by atoms with Crippen molar-refractivity contribution in [2.45, 2.75) is 56.4 Å². The van der Waals surface area contributed by atoms with Crippen LogP contribution in [-0.2, 0) is 21.3 Å². The molecule has 0 radical (unpaired) electrons. The number of hydrogen-bond donors (Lipinski definition) is 1. The number of thioether (sulfide) groups is 2. The van der Waals surface area contributed by atoms with Crippen LogP contribution >= 0.6 is 23.5 Å². The van der Waals surface area contributed by atoms with Crippen molar-refractivity contribution in [1.29, 1.82) is 0 Å². The van der Waals surface area contributed by atoms with Crippen LogP contribution < -0.4 is 0 Å². The van der Waals surface area contributed by atoms with E-state index in [4.69, 9.17) is 15.1 Å². The fraction of sp³-hybridized carbons (Fsp3) is 0.159. The van der Waals surface area contributed by atoms with Crippen molar-refractivity contribution >= 4 is 50.8 Å². The van der Waals surface area contributed by atoms with Crippen molar-refractivity contribution in [3.8, 4) is 66.8 Å². The molecule has 8 aromatic rings.